The molecule has 14 heavy (non-hydrogen) atoms. The van der Waals surface area contributed by atoms with Gasteiger partial charge in [-0.15, -0.1) is 0 Å². The van der Waals surface area contributed by atoms with E-state index in [1.165, 1.54) is 0 Å². The monoisotopic (exact) mass is 202 g/mol. The summed E-state index contributed by atoms with van der Waals surface area (Å²) >= 11 is 0. The molecule has 0 aliphatic rings. The van der Waals surface area contributed by atoms with Gasteiger partial charge in [-0.05, 0) is 31.3 Å². The van der Waals surface area contributed by atoms with Crippen LogP contribution in [0.25, 0.3) is 0 Å². The molecule has 0 aromatic heterocycles. The molecule has 0 rings (SSSR count). The van der Waals surface area contributed by atoms with Crippen molar-refractivity contribution in [3.8, 4) is 0 Å². The molecule has 0 radical (unpaired) electrons. The summed E-state index contributed by atoms with van der Waals surface area (Å²) in [7, 11) is 0. The summed E-state index contributed by atoms with van der Waals surface area (Å²) in [5, 5.41) is 11.7. The lowest BCUT2D eigenvalue weighted by atomic mass is 9.92. The Kier molecular flexibility index (Phi) is 5.72. The largest absolute Gasteiger partial charge is 0.480 e. The third-order valence-electron chi connectivity index (χ3n) is 2.00. The molecule has 0 spiro atoms. The second-order valence-corrected chi connectivity index (χ2v) is 4.79. The van der Waals surface area contributed by atoms with E-state index >= 15 is 0 Å². The van der Waals surface area contributed by atoms with Crippen LogP contribution in [0.5, 0.6) is 0 Å². The first-order chi connectivity index (χ1) is 6.33. The molecule has 0 amide bonds. The van der Waals surface area contributed by atoms with Crippen LogP contribution in [0.15, 0.2) is 0 Å². The minimum atomic E-state index is -0.928. The second kappa shape index (κ2) is 5.98. The number of nitrogens with two attached hydrogens (primary N) is 1. The van der Waals surface area contributed by atoms with Gasteiger partial charge in [0.15, 0.2) is 0 Å². The zero-order chi connectivity index (χ0) is 11.2. The van der Waals surface area contributed by atoms with Gasteiger partial charge in [0.1, 0.15) is 6.04 Å². The van der Waals surface area contributed by atoms with Gasteiger partial charge >= 0.3 is 5.97 Å². The Labute approximate surface area is 85.9 Å². The average Bonchev–Trinajstić information content (AvgIpc) is 2.01. The van der Waals surface area contributed by atoms with Gasteiger partial charge in [0.05, 0.1) is 0 Å². The Morgan fingerprint density at radius 2 is 2.00 bits per heavy atom. The molecule has 0 aromatic carbocycles. The van der Waals surface area contributed by atoms with E-state index in [9.17, 15) is 4.79 Å². The van der Waals surface area contributed by atoms with Crippen molar-refractivity contribution in [2.75, 3.05) is 13.1 Å². The molecule has 0 fully saturated rings. The van der Waals surface area contributed by atoms with Gasteiger partial charge in [-0.2, -0.15) is 0 Å². The molecule has 4 nitrogen and oxygen atoms in total. The fourth-order valence-electron chi connectivity index (χ4n) is 0.969. The Balaban J connectivity index is 3.35. The van der Waals surface area contributed by atoms with Crippen LogP contribution in [-0.2, 0) is 4.79 Å². The van der Waals surface area contributed by atoms with E-state index in [1.54, 1.807) is 0 Å². The highest BCUT2D eigenvalue weighted by molar-refractivity contribution is 5.72. The lowest BCUT2D eigenvalue weighted by Crippen LogP contribution is -2.34. The first-order valence-corrected chi connectivity index (χ1v) is 5.02. The number of carboxylic acids is 1. The first-order valence-electron chi connectivity index (χ1n) is 5.02. The number of rotatable bonds is 6. The van der Waals surface area contributed by atoms with Crippen molar-refractivity contribution in [3.05, 3.63) is 0 Å². The summed E-state index contributed by atoms with van der Waals surface area (Å²) in [5.41, 5.74) is 5.67. The Morgan fingerprint density at radius 3 is 2.43 bits per heavy atom. The minimum Gasteiger partial charge on any atom is -0.480 e. The highest BCUT2D eigenvalue weighted by Gasteiger charge is 2.11. The van der Waals surface area contributed by atoms with Crippen molar-refractivity contribution < 1.29 is 9.90 Å². The molecule has 4 heteroatoms. The van der Waals surface area contributed by atoms with Gasteiger partial charge in [0.2, 0.25) is 0 Å². The summed E-state index contributed by atoms with van der Waals surface area (Å²) in [6.07, 6.45) is 1.56. The van der Waals surface area contributed by atoms with Gasteiger partial charge in [-0.3, -0.25) is 4.79 Å². The average molecular weight is 202 g/mol. The summed E-state index contributed by atoms with van der Waals surface area (Å²) in [4.78, 5) is 10.4. The van der Waals surface area contributed by atoms with Crippen molar-refractivity contribution >= 4 is 5.97 Å². The molecule has 1 atom stereocenters. The molecule has 0 aliphatic heterocycles. The molecule has 0 saturated carbocycles. The highest BCUT2D eigenvalue weighted by atomic mass is 16.4. The van der Waals surface area contributed by atoms with Gasteiger partial charge in [0.25, 0.3) is 0 Å². The number of carbonyl (C=O) groups is 1. The smallest absolute Gasteiger partial charge is 0.320 e. The van der Waals surface area contributed by atoms with E-state index in [1.807, 2.05) is 0 Å². The molecular formula is C10H22N2O2. The topological polar surface area (TPSA) is 75.3 Å². The fourth-order valence-corrected chi connectivity index (χ4v) is 0.969. The molecule has 0 heterocycles. The van der Waals surface area contributed by atoms with Crippen LogP contribution < -0.4 is 11.1 Å². The van der Waals surface area contributed by atoms with Crippen LogP contribution in [0.2, 0.25) is 0 Å². The Hall–Kier alpha value is -0.610. The second-order valence-electron chi connectivity index (χ2n) is 4.79. The number of aliphatic carboxylic acids is 1. The van der Waals surface area contributed by atoms with Gasteiger partial charge in [0, 0.05) is 0 Å². The summed E-state index contributed by atoms with van der Waals surface area (Å²) in [6, 6.07) is -0.739. The molecule has 0 bridgehead atoms. The van der Waals surface area contributed by atoms with E-state index in [4.69, 9.17) is 10.8 Å². The fraction of sp³-hybridized carbons (Fsp3) is 0.900. The summed E-state index contributed by atoms with van der Waals surface area (Å²) in [6.45, 7) is 8.12. The Morgan fingerprint density at radius 1 is 1.43 bits per heavy atom. The van der Waals surface area contributed by atoms with E-state index in [0.717, 1.165) is 13.0 Å². The van der Waals surface area contributed by atoms with Crippen molar-refractivity contribution in [2.45, 2.75) is 39.7 Å². The quantitative estimate of drug-likeness (QED) is 0.557. The molecule has 4 N–H and O–H groups in total. The van der Waals surface area contributed by atoms with E-state index in [-0.39, 0.29) is 0 Å². The molecule has 0 unspecified atom stereocenters. The van der Waals surface area contributed by atoms with Gasteiger partial charge in [-0.25, -0.2) is 0 Å². The maximum absolute atomic E-state index is 10.4. The molecular weight excluding hydrogens is 180 g/mol. The third kappa shape index (κ3) is 8.01. The summed E-state index contributed by atoms with van der Waals surface area (Å²) < 4.78 is 0. The number of nitrogens with one attached hydrogen (secondary N) is 1. The number of hydrogen-bond donors (Lipinski definition) is 3. The number of carboxylic acid groups (broad SMARTS) is 1. The predicted molar refractivity (Wildman–Crippen MR) is 57.2 cm³/mol. The first kappa shape index (κ1) is 13.4. The highest BCUT2D eigenvalue weighted by Crippen LogP contribution is 2.16. The van der Waals surface area contributed by atoms with Crippen molar-refractivity contribution in [2.24, 2.45) is 11.1 Å². The van der Waals surface area contributed by atoms with Crippen LogP contribution >= 0.6 is 0 Å². The molecule has 0 aliphatic carbocycles. The van der Waals surface area contributed by atoms with Crippen LogP contribution in [0.1, 0.15) is 33.6 Å². The number of hydrogen-bond acceptors (Lipinski definition) is 3. The molecule has 0 saturated heterocycles. The normalized spacial score (nSPS) is 14.0. The zero-order valence-electron chi connectivity index (χ0n) is 9.34. The van der Waals surface area contributed by atoms with E-state index in [2.05, 4.69) is 26.1 Å². The minimum absolute atomic E-state index is 0.321. The molecule has 0 aromatic rings. The molecule has 84 valence electrons. The lowest BCUT2D eigenvalue weighted by Gasteiger charge is -2.18. The van der Waals surface area contributed by atoms with Crippen LogP contribution in [0.4, 0.5) is 0 Å². The lowest BCUT2D eigenvalue weighted by molar-refractivity contribution is -0.138. The van der Waals surface area contributed by atoms with Crippen molar-refractivity contribution in [1.82, 2.24) is 5.32 Å². The standard InChI is InChI=1S/C10H22N2O2/c1-10(2,3)5-7-12-6-4-8(11)9(13)14/h8,12H,4-7,11H2,1-3H3,(H,13,14)/t8-/m1/s1. The predicted octanol–water partition coefficient (Wildman–Crippen LogP) is 0.814. The van der Waals surface area contributed by atoms with Gasteiger partial charge in [-0.1, -0.05) is 20.8 Å². The van der Waals surface area contributed by atoms with E-state index in [0.29, 0.717) is 18.4 Å². The Bertz CT molecular complexity index is 175. The van der Waals surface area contributed by atoms with Crippen molar-refractivity contribution in [3.63, 3.8) is 0 Å². The summed E-state index contributed by atoms with van der Waals surface area (Å²) in [5.74, 6) is -0.928. The van der Waals surface area contributed by atoms with E-state index < -0.39 is 12.0 Å². The van der Waals surface area contributed by atoms with Crippen molar-refractivity contribution in [1.29, 1.82) is 0 Å². The zero-order valence-corrected chi connectivity index (χ0v) is 9.34. The maximum Gasteiger partial charge on any atom is 0.320 e. The SMILES string of the molecule is CC(C)(C)CCNCC[C@@H](N)C(=O)O. The third-order valence-corrected chi connectivity index (χ3v) is 2.00. The van der Waals surface area contributed by atoms with Crippen LogP contribution in [0.3, 0.4) is 0 Å². The van der Waals surface area contributed by atoms with Crippen LogP contribution in [-0.4, -0.2) is 30.2 Å². The maximum atomic E-state index is 10.4. The van der Waals surface area contributed by atoms with Crippen LogP contribution in [0, 0.1) is 5.41 Å². The van der Waals surface area contributed by atoms with Gasteiger partial charge < -0.3 is 16.2 Å².